The van der Waals surface area contributed by atoms with Gasteiger partial charge in [0, 0.05) is 48.5 Å². The molecule has 0 atom stereocenters. The van der Waals surface area contributed by atoms with E-state index in [4.69, 9.17) is 5.73 Å². The van der Waals surface area contributed by atoms with Gasteiger partial charge in [0.2, 0.25) is 0 Å². The van der Waals surface area contributed by atoms with Crippen LogP contribution in [0.25, 0.3) is 0 Å². The van der Waals surface area contributed by atoms with Crippen LogP contribution in [0.2, 0.25) is 0 Å². The van der Waals surface area contributed by atoms with Crippen molar-refractivity contribution in [2.45, 2.75) is 43.7 Å². The molecule has 0 amide bonds. The highest BCUT2D eigenvalue weighted by atomic mass is 35.5. The molecule has 3 N–H and O–H groups in total. The SMILES string of the molecule is Cl.Cl.NC1CC(c2cc(NC3CCN(c4ccc(F)cc4)CC3)ncn2)C1. The van der Waals surface area contributed by atoms with E-state index < -0.39 is 0 Å². The highest BCUT2D eigenvalue weighted by Gasteiger charge is 2.29. The van der Waals surface area contributed by atoms with Crippen molar-refractivity contribution in [2.75, 3.05) is 23.3 Å². The summed E-state index contributed by atoms with van der Waals surface area (Å²) in [6.45, 7) is 1.91. The third-order valence-corrected chi connectivity index (χ3v) is 5.32. The Labute approximate surface area is 171 Å². The van der Waals surface area contributed by atoms with Crippen molar-refractivity contribution in [1.29, 1.82) is 0 Å². The molecule has 27 heavy (non-hydrogen) atoms. The average molecular weight is 414 g/mol. The Morgan fingerprint density at radius 3 is 2.33 bits per heavy atom. The Kier molecular flexibility index (Phi) is 7.65. The smallest absolute Gasteiger partial charge is 0.129 e. The molecule has 0 bridgehead atoms. The molecule has 0 unspecified atom stereocenters. The first-order valence-electron chi connectivity index (χ1n) is 9.02. The van der Waals surface area contributed by atoms with E-state index in [1.807, 2.05) is 12.1 Å². The van der Waals surface area contributed by atoms with E-state index in [9.17, 15) is 4.39 Å². The van der Waals surface area contributed by atoms with E-state index in [-0.39, 0.29) is 30.6 Å². The van der Waals surface area contributed by atoms with Crippen LogP contribution < -0.4 is 16.0 Å². The Hall–Kier alpha value is -1.63. The summed E-state index contributed by atoms with van der Waals surface area (Å²) < 4.78 is 13.1. The Bertz CT molecular complexity index is 716. The normalized spacial score (nSPS) is 22.2. The van der Waals surface area contributed by atoms with Gasteiger partial charge in [-0.15, -0.1) is 24.8 Å². The fourth-order valence-corrected chi connectivity index (χ4v) is 3.72. The second-order valence-corrected chi connectivity index (χ2v) is 7.14. The molecule has 0 radical (unpaired) electrons. The molecule has 2 aliphatic rings. The minimum atomic E-state index is -0.188. The lowest BCUT2D eigenvalue weighted by molar-refractivity contribution is 0.345. The Balaban J connectivity index is 0.00000131. The van der Waals surface area contributed by atoms with Gasteiger partial charge in [0.25, 0.3) is 0 Å². The van der Waals surface area contributed by atoms with E-state index in [0.717, 1.165) is 56.0 Å². The van der Waals surface area contributed by atoms with Gasteiger partial charge in [-0.05, 0) is 49.9 Å². The van der Waals surface area contributed by atoms with Crippen LogP contribution in [0.1, 0.15) is 37.3 Å². The first-order chi connectivity index (χ1) is 12.2. The predicted molar refractivity (Wildman–Crippen MR) is 112 cm³/mol. The minimum Gasteiger partial charge on any atom is -0.371 e. The molecule has 8 heteroatoms. The number of nitrogens with zero attached hydrogens (tertiary/aromatic N) is 3. The largest absolute Gasteiger partial charge is 0.371 e. The molecule has 1 saturated heterocycles. The standard InChI is InChI=1S/C19H24FN5.2ClH/c20-14-1-3-17(4-2-14)25-7-5-16(6-8-25)24-19-11-18(22-12-23-19)13-9-15(21)10-13;;/h1-4,11-13,15-16H,5-10,21H2,(H,22,23,24);2*1H. The number of hydrogen-bond acceptors (Lipinski definition) is 5. The zero-order chi connectivity index (χ0) is 17.2. The van der Waals surface area contributed by atoms with Crippen LogP contribution in [0.15, 0.2) is 36.7 Å². The number of rotatable bonds is 4. The van der Waals surface area contributed by atoms with E-state index in [2.05, 4.69) is 26.3 Å². The molecule has 1 aromatic heterocycles. The summed E-state index contributed by atoms with van der Waals surface area (Å²) in [7, 11) is 0. The zero-order valence-corrected chi connectivity index (χ0v) is 16.7. The average Bonchev–Trinajstić information content (AvgIpc) is 2.61. The maximum Gasteiger partial charge on any atom is 0.129 e. The molecule has 4 rings (SSSR count). The fourth-order valence-electron chi connectivity index (χ4n) is 3.72. The number of anilines is 2. The number of hydrogen-bond donors (Lipinski definition) is 2. The lowest BCUT2D eigenvalue weighted by Crippen LogP contribution is -2.39. The number of halogens is 3. The summed E-state index contributed by atoms with van der Waals surface area (Å²) in [5.74, 6) is 1.21. The van der Waals surface area contributed by atoms with Crippen LogP contribution in [0.5, 0.6) is 0 Å². The van der Waals surface area contributed by atoms with Gasteiger partial charge in [-0.1, -0.05) is 0 Å². The molecule has 1 saturated carbocycles. The Morgan fingerprint density at radius 1 is 1.04 bits per heavy atom. The van der Waals surface area contributed by atoms with Gasteiger partial charge in [0.15, 0.2) is 0 Å². The van der Waals surface area contributed by atoms with Crippen molar-refractivity contribution in [1.82, 2.24) is 9.97 Å². The predicted octanol–water partition coefficient (Wildman–Crippen LogP) is 3.74. The molecule has 2 heterocycles. The highest BCUT2D eigenvalue weighted by Crippen LogP contribution is 2.35. The molecule has 0 spiro atoms. The quantitative estimate of drug-likeness (QED) is 0.798. The van der Waals surface area contributed by atoms with Crippen LogP contribution in [-0.4, -0.2) is 35.1 Å². The summed E-state index contributed by atoms with van der Waals surface area (Å²) in [5.41, 5.74) is 8.07. The molecule has 2 aromatic rings. The van der Waals surface area contributed by atoms with Gasteiger partial charge in [-0.2, -0.15) is 0 Å². The van der Waals surface area contributed by atoms with Crippen LogP contribution in [0, 0.1) is 5.82 Å². The topological polar surface area (TPSA) is 67.1 Å². The van der Waals surface area contributed by atoms with Crippen molar-refractivity contribution in [3.8, 4) is 0 Å². The van der Waals surface area contributed by atoms with Crippen LogP contribution in [0.3, 0.4) is 0 Å². The molecule has 2 fully saturated rings. The third-order valence-electron chi connectivity index (χ3n) is 5.32. The maximum atomic E-state index is 13.1. The van der Waals surface area contributed by atoms with E-state index in [1.54, 1.807) is 6.33 Å². The molecular weight excluding hydrogens is 388 g/mol. The van der Waals surface area contributed by atoms with Crippen LogP contribution >= 0.6 is 24.8 Å². The number of benzene rings is 1. The maximum absolute atomic E-state index is 13.1. The van der Waals surface area contributed by atoms with E-state index in [1.165, 1.54) is 12.1 Å². The van der Waals surface area contributed by atoms with Gasteiger partial charge >= 0.3 is 0 Å². The summed E-state index contributed by atoms with van der Waals surface area (Å²) in [4.78, 5) is 11.1. The zero-order valence-electron chi connectivity index (χ0n) is 15.1. The minimum absolute atomic E-state index is 0. The molecule has 1 aromatic carbocycles. The highest BCUT2D eigenvalue weighted by molar-refractivity contribution is 5.85. The van der Waals surface area contributed by atoms with Gasteiger partial charge in [-0.25, -0.2) is 14.4 Å². The first kappa shape index (κ1) is 21.7. The fraction of sp³-hybridized carbons (Fsp3) is 0.474. The molecule has 5 nitrogen and oxygen atoms in total. The van der Waals surface area contributed by atoms with E-state index >= 15 is 0 Å². The molecule has 1 aliphatic carbocycles. The lowest BCUT2D eigenvalue weighted by Gasteiger charge is -2.34. The monoisotopic (exact) mass is 413 g/mol. The molecule has 148 valence electrons. The lowest BCUT2D eigenvalue weighted by atomic mass is 9.78. The molecule has 1 aliphatic heterocycles. The number of nitrogens with one attached hydrogen (secondary N) is 1. The second-order valence-electron chi connectivity index (χ2n) is 7.14. The van der Waals surface area contributed by atoms with Crippen LogP contribution in [-0.2, 0) is 0 Å². The van der Waals surface area contributed by atoms with Gasteiger partial charge in [-0.3, -0.25) is 0 Å². The van der Waals surface area contributed by atoms with Crippen molar-refractivity contribution in [3.05, 3.63) is 48.2 Å². The van der Waals surface area contributed by atoms with E-state index in [0.29, 0.717) is 18.0 Å². The second kappa shape index (κ2) is 9.53. The summed E-state index contributed by atoms with van der Waals surface area (Å²) >= 11 is 0. The van der Waals surface area contributed by atoms with Crippen molar-refractivity contribution >= 4 is 36.3 Å². The van der Waals surface area contributed by atoms with Gasteiger partial charge in [0.05, 0.1) is 0 Å². The number of piperidine rings is 1. The summed E-state index contributed by atoms with van der Waals surface area (Å²) in [5, 5.41) is 3.55. The van der Waals surface area contributed by atoms with Crippen molar-refractivity contribution in [3.63, 3.8) is 0 Å². The summed E-state index contributed by atoms with van der Waals surface area (Å²) in [6, 6.07) is 9.55. The third kappa shape index (κ3) is 5.21. The van der Waals surface area contributed by atoms with Crippen LogP contribution in [0.4, 0.5) is 15.9 Å². The Morgan fingerprint density at radius 2 is 1.70 bits per heavy atom. The molecular formula is C19H26Cl2FN5. The van der Waals surface area contributed by atoms with Gasteiger partial charge in [0.1, 0.15) is 18.0 Å². The van der Waals surface area contributed by atoms with Crippen molar-refractivity contribution < 1.29 is 4.39 Å². The first-order valence-corrected chi connectivity index (χ1v) is 9.02. The number of aromatic nitrogens is 2. The van der Waals surface area contributed by atoms with Gasteiger partial charge < -0.3 is 16.0 Å². The summed E-state index contributed by atoms with van der Waals surface area (Å²) in [6.07, 6.45) is 5.75. The van der Waals surface area contributed by atoms with Crippen molar-refractivity contribution in [2.24, 2.45) is 5.73 Å². The number of nitrogens with two attached hydrogens (primary N) is 1.